The van der Waals surface area contributed by atoms with Crippen molar-refractivity contribution in [3.63, 3.8) is 0 Å². The molecule has 140 valence electrons. The Morgan fingerprint density at radius 2 is 1.71 bits per heavy atom. The molecule has 0 radical (unpaired) electrons. The highest BCUT2D eigenvalue weighted by atomic mass is 32.1. The predicted molar refractivity (Wildman–Crippen MR) is 115 cm³/mol. The summed E-state index contributed by atoms with van der Waals surface area (Å²) in [4.78, 5) is 5.93. The van der Waals surface area contributed by atoms with E-state index in [9.17, 15) is 8.78 Å². The molecule has 1 nitrogen and oxygen atoms in total. The van der Waals surface area contributed by atoms with Crippen LogP contribution in [0.25, 0.3) is 10.4 Å². The second-order valence-electron chi connectivity index (χ2n) is 6.18. The first kappa shape index (κ1) is 20.1. The van der Waals surface area contributed by atoms with Crippen LogP contribution in [0.1, 0.15) is 35.8 Å². The van der Waals surface area contributed by atoms with E-state index in [2.05, 4.69) is 41.1 Å². The molecular weight excluding hydrogens is 392 g/mol. The summed E-state index contributed by atoms with van der Waals surface area (Å²) in [6, 6.07) is 13.5. The maximum absolute atomic E-state index is 14.5. The first-order valence-electron chi connectivity index (χ1n) is 8.88. The molecule has 0 unspecified atom stereocenters. The summed E-state index contributed by atoms with van der Waals surface area (Å²) in [5.74, 6) is 4.06. The van der Waals surface area contributed by atoms with Crippen LogP contribution in [0.5, 0.6) is 0 Å². The molecule has 0 saturated carbocycles. The van der Waals surface area contributed by atoms with E-state index in [1.807, 2.05) is 12.1 Å². The number of nitrogens with zero attached hydrogens (tertiary/aromatic N) is 1. The molecule has 0 spiro atoms. The Morgan fingerprint density at radius 1 is 1.00 bits per heavy atom. The van der Waals surface area contributed by atoms with Gasteiger partial charge in [-0.15, -0.1) is 11.3 Å². The molecular formula is C23H17F2NS2. The van der Waals surface area contributed by atoms with Crippen molar-refractivity contribution in [2.45, 2.75) is 26.2 Å². The van der Waals surface area contributed by atoms with Crippen molar-refractivity contribution in [3.05, 3.63) is 76.2 Å². The number of thiocarbonyl (C=S) groups is 1. The quantitative estimate of drug-likeness (QED) is 0.247. The van der Waals surface area contributed by atoms with Crippen LogP contribution in [0.15, 0.2) is 53.5 Å². The lowest BCUT2D eigenvalue weighted by Gasteiger charge is -2.02. The van der Waals surface area contributed by atoms with Gasteiger partial charge in [0.05, 0.1) is 16.4 Å². The zero-order valence-corrected chi connectivity index (χ0v) is 16.9. The Kier molecular flexibility index (Phi) is 6.84. The summed E-state index contributed by atoms with van der Waals surface area (Å²) in [5, 5.41) is 2.28. The topological polar surface area (TPSA) is 12.4 Å². The number of rotatable bonds is 5. The summed E-state index contributed by atoms with van der Waals surface area (Å²) in [6.45, 7) is 2.14. The van der Waals surface area contributed by atoms with Crippen LogP contribution >= 0.6 is 23.6 Å². The highest BCUT2D eigenvalue weighted by molar-refractivity contribution is 7.78. The van der Waals surface area contributed by atoms with E-state index in [4.69, 9.17) is 0 Å². The van der Waals surface area contributed by atoms with Crippen LogP contribution in [0.4, 0.5) is 14.5 Å². The van der Waals surface area contributed by atoms with Crippen molar-refractivity contribution in [1.82, 2.24) is 0 Å². The largest absolute Gasteiger partial charge is 0.205 e. The second-order valence-corrected chi connectivity index (χ2v) is 7.54. The van der Waals surface area contributed by atoms with Gasteiger partial charge in [0.25, 0.3) is 0 Å². The summed E-state index contributed by atoms with van der Waals surface area (Å²) < 4.78 is 29.0. The monoisotopic (exact) mass is 409 g/mol. The minimum Gasteiger partial charge on any atom is -0.205 e. The van der Waals surface area contributed by atoms with Crippen LogP contribution in [0, 0.1) is 23.5 Å². The first-order valence-corrected chi connectivity index (χ1v) is 10.1. The minimum absolute atomic E-state index is 0.229. The van der Waals surface area contributed by atoms with Crippen LogP contribution in [-0.4, -0.2) is 5.16 Å². The first-order chi connectivity index (χ1) is 13.6. The minimum atomic E-state index is -0.659. The Hall–Kier alpha value is -2.64. The van der Waals surface area contributed by atoms with Crippen molar-refractivity contribution in [2.24, 2.45) is 4.99 Å². The fourth-order valence-electron chi connectivity index (χ4n) is 2.66. The van der Waals surface area contributed by atoms with Gasteiger partial charge in [0.1, 0.15) is 11.6 Å². The average Bonchev–Trinajstić information content (AvgIpc) is 3.16. The SMILES string of the molecule is CCCCc1ccc(-c2cc(F)c(C#Cc3ccc(N=C=S)cc3)c(F)c2)s1. The molecule has 0 bridgehead atoms. The van der Waals surface area contributed by atoms with Gasteiger partial charge in [0.15, 0.2) is 0 Å². The van der Waals surface area contributed by atoms with Gasteiger partial charge >= 0.3 is 0 Å². The molecule has 3 aromatic rings. The predicted octanol–water partition coefficient (Wildman–Crippen LogP) is 7.17. The Bertz CT molecular complexity index is 1060. The molecule has 2 aromatic carbocycles. The van der Waals surface area contributed by atoms with Gasteiger partial charge in [-0.2, -0.15) is 4.99 Å². The summed E-state index contributed by atoms with van der Waals surface area (Å²) in [5.41, 5.74) is 1.59. The summed E-state index contributed by atoms with van der Waals surface area (Å²) in [6.07, 6.45) is 3.21. The van der Waals surface area contributed by atoms with E-state index in [-0.39, 0.29) is 5.56 Å². The molecule has 28 heavy (non-hydrogen) atoms. The number of halogens is 2. The van der Waals surface area contributed by atoms with Crippen molar-refractivity contribution in [3.8, 4) is 22.3 Å². The average molecular weight is 410 g/mol. The third-order valence-electron chi connectivity index (χ3n) is 4.14. The molecule has 0 fully saturated rings. The Morgan fingerprint density at radius 3 is 2.36 bits per heavy atom. The molecule has 0 aliphatic carbocycles. The lowest BCUT2D eigenvalue weighted by molar-refractivity contribution is 0.578. The maximum atomic E-state index is 14.5. The van der Waals surface area contributed by atoms with Gasteiger partial charge in [-0.3, -0.25) is 0 Å². The number of isothiocyanates is 1. The van der Waals surface area contributed by atoms with Gasteiger partial charge in [-0.25, -0.2) is 8.78 Å². The second kappa shape index (κ2) is 9.52. The number of aliphatic imine (C=N–C) groups is 1. The van der Waals surface area contributed by atoms with Crippen molar-refractivity contribution < 1.29 is 8.78 Å². The van der Waals surface area contributed by atoms with Gasteiger partial charge in [0, 0.05) is 15.3 Å². The number of unbranched alkanes of at least 4 members (excludes halogenated alkanes) is 1. The van der Waals surface area contributed by atoms with E-state index in [1.54, 1.807) is 35.6 Å². The van der Waals surface area contributed by atoms with E-state index >= 15 is 0 Å². The van der Waals surface area contributed by atoms with Gasteiger partial charge in [-0.1, -0.05) is 25.2 Å². The molecule has 3 rings (SSSR count). The number of hydrogen-bond donors (Lipinski definition) is 0. The zero-order chi connectivity index (χ0) is 19.9. The van der Waals surface area contributed by atoms with E-state index in [0.717, 1.165) is 24.1 Å². The zero-order valence-electron chi connectivity index (χ0n) is 15.3. The molecule has 0 N–H and O–H groups in total. The molecule has 0 aliphatic rings. The molecule has 1 heterocycles. The van der Waals surface area contributed by atoms with E-state index in [0.29, 0.717) is 16.8 Å². The van der Waals surface area contributed by atoms with Crippen molar-refractivity contribution in [1.29, 1.82) is 0 Å². The number of benzene rings is 2. The summed E-state index contributed by atoms with van der Waals surface area (Å²) in [7, 11) is 0. The third kappa shape index (κ3) is 4.99. The van der Waals surface area contributed by atoms with Crippen molar-refractivity contribution in [2.75, 3.05) is 0 Å². The Labute approximate surface area is 172 Å². The Balaban J connectivity index is 1.84. The molecule has 5 heteroatoms. The third-order valence-corrected chi connectivity index (χ3v) is 5.42. The molecule has 0 saturated heterocycles. The van der Waals surface area contributed by atoms with Gasteiger partial charge in [-0.05, 0) is 79.2 Å². The normalized spacial score (nSPS) is 10.1. The van der Waals surface area contributed by atoms with E-state index in [1.165, 1.54) is 17.0 Å². The fourth-order valence-corrected chi connectivity index (χ4v) is 3.80. The standard InChI is InChI=1S/C23H17F2NS2/c1-2-3-4-19-10-12-23(28-19)17-13-21(24)20(22(25)14-17)11-7-16-5-8-18(9-6-16)26-15-27/h5-6,8-10,12-14H,2-4H2,1H3. The van der Waals surface area contributed by atoms with Crippen molar-refractivity contribution >= 4 is 34.4 Å². The molecule has 1 aromatic heterocycles. The fraction of sp³-hybridized carbons (Fsp3) is 0.174. The van der Waals surface area contributed by atoms with Crippen LogP contribution in [-0.2, 0) is 6.42 Å². The van der Waals surface area contributed by atoms with Gasteiger partial charge < -0.3 is 0 Å². The lowest BCUT2D eigenvalue weighted by atomic mass is 10.1. The van der Waals surface area contributed by atoms with Crippen LogP contribution in [0.2, 0.25) is 0 Å². The number of thiophene rings is 1. The molecule has 0 amide bonds. The van der Waals surface area contributed by atoms with E-state index < -0.39 is 11.6 Å². The highest BCUT2D eigenvalue weighted by Gasteiger charge is 2.12. The van der Waals surface area contributed by atoms with Gasteiger partial charge in [0.2, 0.25) is 0 Å². The molecule has 0 atom stereocenters. The number of aryl methyl sites for hydroxylation is 1. The maximum Gasteiger partial charge on any atom is 0.142 e. The smallest absolute Gasteiger partial charge is 0.142 e. The number of hydrogen-bond acceptors (Lipinski definition) is 3. The molecule has 0 aliphatic heterocycles. The lowest BCUT2D eigenvalue weighted by Crippen LogP contribution is -1.91. The summed E-state index contributed by atoms with van der Waals surface area (Å²) >= 11 is 6.12. The highest BCUT2D eigenvalue weighted by Crippen LogP contribution is 2.31. The van der Waals surface area contributed by atoms with Crippen LogP contribution in [0.3, 0.4) is 0 Å². The van der Waals surface area contributed by atoms with Crippen LogP contribution < -0.4 is 0 Å².